The maximum atomic E-state index is 6.01. The van der Waals surface area contributed by atoms with Gasteiger partial charge >= 0.3 is 0 Å². The molecular formula is C17H27ClN2. The maximum absolute atomic E-state index is 6.01. The Morgan fingerprint density at radius 2 is 1.90 bits per heavy atom. The molecule has 1 fully saturated rings. The predicted octanol–water partition coefficient (Wildman–Crippen LogP) is 4.07. The standard InChI is InChI=1S/C17H27ClN2/c1-2-17(19)8-5-14-9-11-20(12-10-14)13-15-3-6-16(18)7-4-15/h3-4,6-7,14,17H,2,5,8-13,19H2,1H3. The fourth-order valence-electron chi connectivity index (χ4n) is 2.94. The molecule has 1 unspecified atom stereocenters. The minimum Gasteiger partial charge on any atom is -0.328 e. The molecule has 1 heterocycles. The number of hydrogen-bond acceptors (Lipinski definition) is 2. The Labute approximate surface area is 128 Å². The molecule has 1 aliphatic rings. The Morgan fingerprint density at radius 1 is 1.25 bits per heavy atom. The summed E-state index contributed by atoms with van der Waals surface area (Å²) in [4.78, 5) is 2.56. The zero-order valence-electron chi connectivity index (χ0n) is 12.5. The normalized spacial score (nSPS) is 19.1. The summed E-state index contributed by atoms with van der Waals surface area (Å²) in [6, 6.07) is 8.64. The fourth-order valence-corrected chi connectivity index (χ4v) is 3.06. The molecule has 0 saturated carbocycles. The minimum atomic E-state index is 0.405. The van der Waals surface area contributed by atoms with Gasteiger partial charge in [0.05, 0.1) is 0 Å². The highest BCUT2D eigenvalue weighted by atomic mass is 35.5. The number of nitrogens with zero attached hydrogens (tertiary/aromatic N) is 1. The van der Waals surface area contributed by atoms with E-state index in [0.29, 0.717) is 6.04 Å². The third-order valence-corrected chi connectivity index (χ3v) is 4.75. The van der Waals surface area contributed by atoms with Crippen molar-refractivity contribution in [3.05, 3.63) is 34.9 Å². The van der Waals surface area contributed by atoms with E-state index in [1.54, 1.807) is 0 Å². The first-order valence-electron chi connectivity index (χ1n) is 7.89. The molecule has 2 N–H and O–H groups in total. The van der Waals surface area contributed by atoms with Gasteiger partial charge in [0.1, 0.15) is 0 Å². The Balaban J connectivity index is 1.70. The van der Waals surface area contributed by atoms with E-state index in [0.717, 1.165) is 23.9 Å². The quantitative estimate of drug-likeness (QED) is 0.857. The first kappa shape index (κ1) is 15.8. The van der Waals surface area contributed by atoms with Gasteiger partial charge in [-0.2, -0.15) is 0 Å². The van der Waals surface area contributed by atoms with E-state index in [1.807, 2.05) is 12.1 Å². The van der Waals surface area contributed by atoms with Crippen LogP contribution in [0.5, 0.6) is 0 Å². The topological polar surface area (TPSA) is 29.3 Å². The van der Waals surface area contributed by atoms with Crippen LogP contribution in [0.4, 0.5) is 0 Å². The van der Waals surface area contributed by atoms with E-state index in [2.05, 4.69) is 24.0 Å². The van der Waals surface area contributed by atoms with Crippen LogP contribution >= 0.6 is 11.6 Å². The number of hydrogen-bond donors (Lipinski definition) is 1. The molecule has 1 aromatic rings. The predicted molar refractivity (Wildman–Crippen MR) is 87.0 cm³/mol. The van der Waals surface area contributed by atoms with Gasteiger partial charge in [-0.3, -0.25) is 4.90 Å². The summed E-state index contributed by atoms with van der Waals surface area (Å²) in [5.41, 5.74) is 7.37. The Bertz CT molecular complexity index is 382. The average Bonchev–Trinajstić information content (AvgIpc) is 2.48. The van der Waals surface area contributed by atoms with Crippen LogP contribution < -0.4 is 5.73 Å². The Morgan fingerprint density at radius 3 is 2.50 bits per heavy atom. The van der Waals surface area contributed by atoms with Crippen molar-refractivity contribution >= 4 is 11.6 Å². The molecule has 20 heavy (non-hydrogen) atoms. The SMILES string of the molecule is CCC(N)CCC1CCN(Cc2ccc(Cl)cc2)CC1. The lowest BCUT2D eigenvalue weighted by molar-refractivity contribution is 0.169. The smallest absolute Gasteiger partial charge is 0.0406 e. The van der Waals surface area contributed by atoms with Crippen LogP contribution in [-0.2, 0) is 6.54 Å². The van der Waals surface area contributed by atoms with Crippen molar-refractivity contribution in [2.24, 2.45) is 11.7 Å². The zero-order valence-corrected chi connectivity index (χ0v) is 13.3. The lowest BCUT2D eigenvalue weighted by Gasteiger charge is -2.32. The molecule has 112 valence electrons. The fraction of sp³-hybridized carbons (Fsp3) is 0.647. The van der Waals surface area contributed by atoms with Gasteiger partial charge in [0.25, 0.3) is 0 Å². The Kier molecular flexibility index (Phi) is 6.34. The van der Waals surface area contributed by atoms with E-state index >= 15 is 0 Å². The lowest BCUT2D eigenvalue weighted by Crippen LogP contribution is -2.33. The third-order valence-electron chi connectivity index (χ3n) is 4.50. The zero-order chi connectivity index (χ0) is 14.4. The van der Waals surface area contributed by atoms with Crippen molar-refractivity contribution in [1.82, 2.24) is 4.90 Å². The first-order valence-corrected chi connectivity index (χ1v) is 8.27. The summed E-state index contributed by atoms with van der Waals surface area (Å²) < 4.78 is 0. The van der Waals surface area contributed by atoms with Gasteiger partial charge < -0.3 is 5.73 Å². The van der Waals surface area contributed by atoms with Crippen LogP contribution in [0.15, 0.2) is 24.3 Å². The minimum absolute atomic E-state index is 0.405. The average molecular weight is 295 g/mol. The second-order valence-electron chi connectivity index (χ2n) is 6.09. The van der Waals surface area contributed by atoms with Crippen LogP contribution in [-0.4, -0.2) is 24.0 Å². The van der Waals surface area contributed by atoms with Crippen LogP contribution in [0.2, 0.25) is 5.02 Å². The molecule has 2 nitrogen and oxygen atoms in total. The van der Waals surface area contributed by atoms with Gasteiger partial charge in [0.2, 0.25) is 0 Å². The van der Waals surface area contributed by atoms with E-state index < -0.39 is 0 Å². The van der Waals surface area contributed by atoms with Crippen LogP contribution in [0.25, 0.3) is 0 Å². The second-order valence-corrected chi connectivity index (χ2v) is 6.53. The van der Waals surface area contributed by atoms with Crippen molar-refractivity contribution in [3.63, 3.8) is 0 Å². The third kappa shape index (κ3) is 5.08. The van der Waals surface area contributed by atoms with E-state index in [9.17, 15) is 0 Å². The van der Waals surface area contributed by atoms with E-state index in [4.69, 9.17) is 17.3 Å². The van der Waals surface area contributed by atoms with Gasteiger partial charge in [-0.15, -0.1) is 0 Å². The molecule has 3 heteroatoms. The largest absolute Gasteiger partial charge is 0.328 e. The molecular weight excluding hydrogens is 268 g/mol. The van der Waals surface area contributed by atoms with Crippen molar-refractivity contribution in [3.8, 4) is 0 Å². The molecule has 0 bridgehead atoms. The first-order chi connectivity index (χ1) is 9.67. The molecule has 2 rings (SSSR count). The van der Waals surface area contributed by atoms with Crippen molar-refractivity contribution in [2.45, 2.75) is 51.6 Å². The van der Waals surface area contributed by atoms with Crippen molar-refractivity contribution in [2.75, 3.05) is 13.1 Å². The summed E-state index contributed by atoms with van der Waals surface area (Å²) in [6.07, 6.45) is 6.26. The summed E-state index contributed by atoms with van der Waals surface area (Å²) in [5.74, 6) is 0.883. The number of halogens is 1. The second kappa shape index (κ2) is 8.02. The molecule has 1 aliphatic heterocycles. The summed E-state index contributed by atoms with van der Waals surface area (Å²) >= 11 is 5.92. The highest BCUT2D eigenvalue weighted by Gasteiger charge is 2.19. The molecule has 1 atom stereocenters. The van der Waals surface area contributed by atoms with Gasteiger partial charge in [0, 0.05) is 17.6 Å². The molecule has 0 aromatic heterocycles. The molecule has 0 amide bonds. The number of rotatable bonds is 6. The van der Waals surface area contributed by atoms with Crippen molar-refractivity contribution in [1.29, 1.82) is 0 Å². The Hall–Kier alpha value is -0.570. The van der Waals surface area contributed by atoms with E-state index in [1.165, 1.54) is 44.3 Å². The number of piperidine rings is 1. The van der Waals surface area contributed by atoms with Crippen LogP contribution in [0.3, 0.4) is 0 Å². The number of likely N-dealkylation sites (tertiary alicyclic amines) is 1. The van der Waals surface area contributed by atoms with Gasteiger partial charge in [-0.05, 0) is 68.8 Å². The van der Waals surface area contributed by atoms with Gasteiger partial charge in [0.15, 0.2) is 0 Å². The highest BCUT2D eigenvalue weighted by molar-refractivity contribution is 6.30. The number of benzene rings is 1. The number of nitrogens with two attached hydrogens (primary N) is 1. The molecule has 0 spiro atoms. The highest BCUT2D eigenvalue weighted by Crippen LogP contribution is 2.24. The van der Waals surface area contributed by atoms with E-state index in [-0.39, 0.29) is 0 Å². The van der Waals surface area contributed by atoms with Crippen LogP contribution in [0.1, 0.15) is 44.6 Å². The molecule has 0 aliphatic carbocycles. The summed E-state index contributed by atoms with van der Waals surface area (Å²) in [7, 11) is 0. The molecule has 0 radical (unpaired) electrons. The summed E-state index contributed by atoms with van der Waals surface area (Å²) in [5, 5.41) is 0.819. The molecule has 1 aromatic carbocycles. The monoisotopic (exact) mass is 294 g/mol. The van der Waals surface area contributed by atoms with Gasteiger partial charge in [-0.1, -0.05) is 30.7 Å². The maximum Gasteiger partial charge on any atom is 0.0406 e. The van der Waals surface area contributed by atoms with Crippen LogP contribution in [0, 0.1) is 5.92 Å². The van der Waals surface area contributed by atoms with Crippen molar-refractivity contribution < 1.29 is 0 Å². The molecule has 1 saturated heterocycles. The summed E-state index contributed by atoms with van der Waals surface area (Å²) in [6.45, 7) is 5.67. The lowest BCUT2D eigenvalue weighted by atomic mass is 9.90. The van der Waals surface area contributed by atoms with Gasteiger partial charge in [-0.25, -0.2) is 0 Å².